The van der Waals surface area contributed by atoms with Gasteiger partial charge in [0, 0.05) is 0 Å². The molecule has 0 aromatic heterocycles. The van der Waals surface area contributed by atoms with Gasteiger partial charge in [-0.1, -0.05) is 6.92 Å². The van der Waals surface area contributed by atoms with Gasteiger partial charge in [0.15, 0.2) is 0 Å². The van der Waals surface area contributed by atoms with Crippen LogP contribution in [0.2, 0.25) is 0 Å². The van der Waals surface area contributed by atoms with Crippen LogP contribution >= 0.6 is 0 Å². The summed E-state index contributed by atoms with van der Waals surface area (Å²) in [7, 11) is 0. The molecule has 0 aliphatic heterocycles. The Balaban J connectivity index is 6.28. The molecule has 2 nitrogen and oxygen atoms in total. The number of ether oxygens (including phenoxy) is 1. The van der Waals surface area contributed by atoms with E-state index < -0.39 is 78.7 Å². The first-order valence-electron chi connectivity index (χ1n) is 8.51. The molecule has 0 aliphatic rings. The first kappa shape index (κ1) is 33.2. The van der Waals surface area contributed by atoms with E-state index in [1.165, 1.54) is 0 Å². The predicted octanol–water partition coefficient (Wildman–Crippen LogP) is 7.07. The summed E-state index contributed by atoms with van der Waals surface area (Å²) in [5, 5.41) is 0. The molecule has 0 heterocycles. The van der Waals surface area contributed by atoms with Crippen LogP contribution in [0.15, 0.2) is 0 Å². The molecule has 1 atom stereocenters. The van der Waals surface area contributed by atoms with Gasteiger partial charge in [-0.15, -0.1) is 0 Å². The lowest BCUT2D eigenvalue weighted by molar-refractivity contribution is -0.461. The van der Waals surface area contributed by atoms with Gasteiger partial charge in [-0.05, 0) is 13.3 Å². The molecule has 0 radical (unpaired) electrons. The smallest absolute Gasteiger partial charge is 0.460 e. The zero-order valence-corrected chi connectivity index (χ0v) is 16.7. The summed E-state index contributed by atoms with van der Waals surface area (Å²) >= 11 is 0. The Labute approximate surface area is 182 Å². The summed E-state index contributed by atoms with van der Waals surface area (Å²) in [5.41, 5.74) is -2.97. The Morgan fingerprint density at radius 1 is 0.571 bits per heavy atom. The lowest BCUT2D eigenvalue weighted by Gasteiger charge is -2.42. The van der Waals surface area contributed by atoms with Crippen LogP contribution in [0.25, 0.3) is 0 Å². The molecule has 1 unspecified atom stereocenters. The van der Waals surface area contributed by atoms with Crippen molar-refractivity contribution in [3.63, 3.8) is 0 Å². The predicted molar refractivity (Wildman–Crippen MR) is 76.1 cm³/mol. The molecule has 0 saturated carbocycles. The van der Waals surface area contributed by atoms with Crippen LogP contribution < -0.4 is 0 Å². The second-order valence-electron chi connectivity index (χ2n) is 7.09. The number of carbonyl (C=O) groups is 1. The number of rotatable bonds is 11. The highest BCUT2D eigenvalue weighted by atomic mass is 19.4. The standard InChI is InChI=1S/C15H12F18O2/c1-3-7(2,16)6(34)35-5-4-8(17,18)9(19,20)10(21,22)11(23,24)12(25,26)13(27,28)14(29,30)15(31,32)33/h3-5H2,1-2H3. The molecule has 20 heteroatoms. The van der Waals surface area contributed by atoms with E-state index in [-0.39, 0.29) is 0 Å². The van der Waals surface area contributed by atoms with Crippen molar-refractivity contribution in [3.05, 3.63) is 0 Å². The van der Waals surface area contributed by atoms with Crippen LogP contribution in [-0.2, 0) is 9.53 Å². The minimum absolute atomic E-state index is 0.454. The summed E-state index contributed by atoms with van der Waals surface area (Å²) < 4.78 is 239. The number of alkyl halides is 18. The average molecular weight is 566 g/mol. The van der Waals surface area contributed by atoms with E-state index >= 15 is 0 Å². The fourth-order valence-corrected chi connectivity index (χ4v) is 1.92. The zero-order valence-electron chi connectivity index (χ0n) is 16.7. The molecule has 0 amide bonds. The molecule has 0 aliphatic carbocycles. The highest BCUT2D eigenvalue weighted by molar-refractivity contribution is 5.78. The molecule has 210 valence electrons. The van der Waals surface area contributed by atoms with Crippen molar-refractivity contribution in [2.75, 3.05) is 6.61 Å². The average Bonchev–Trinajstić information content (AvgIpc) is 2.65. The molecule has 0 rings (SSSR count). The number of hydrogen-bond donors (Lipinski definition) is 0. The molecule has 0 fully saturated rings. The Bertz CT molecular complexity index is 766. The van der Waals surface area contributed by atoms with Crippen molar-refractivity contribution < 1.29 is 88.6 Å². The minimum Gasteiger partial charge on any atom is -0.463 e. The second kappa shape index (κ2) is 8.95. The normalized spacial score (nSPS) is 17.3. The van der Waals surface area contributed by atoms with E-state index in [9.17, 15) is 83.8 Å². The number of esters is 1. The Morgan fingerprint density at radius 3 is 1.20 bits per heavy atom. The number of hydrogen-bond acceptors (Lipinski definition) is 2. The molecule has 0 aromatic rings. The van der Waals surface area contributed by atoms with E-state index in [1.54, 1.807) is 0 Å². The largest absolute Gasteiger partial charge is 0.463 e. The zero-order chi connectivity index (χ0) is 28.9. The van der Waals surface area contributed by atoms with Crippen molar-refractivity contribution >= 4 is 5.97 Å². The van der Waals surface area contributed by atoms with Crippen LogP contribution in [0, 0.1) is 0 Å². The Morgan fingerprint density at radius 2 is 0.886 bits per heavy atom. The molecule has 0 spiro atoms. The molecule has 35 heavy (non-hydrogen) atoms. The van der Waals surface area contributed by atoms with Crippen LogP contribution in [0.5, 0.6) is 0 Å². The molecule has 0 bridgehead atoms. The van der Waals surface area contributed by atoms with Crippen molar-refractivity contribution in [3.8, 4) is 0 Å². The third-order valence-corrected chi connectivity index (χ3v) is 4.53. The molecule has 0 N–H and O–H groups in total. The van der Waals surface area contributed by atoms with Gasteiger partial charge in [-0.25, -0.2) is 9.18 Å². The van der Waals surface area contributed by atoms with Gasteiger partial charge in [0.1, 0.15) is 0 Å². The van der Waals surface area contributed by atoms with Gasteiger partial charge in [0.2, 0.25) is 5.67 Å². The van der Waals surface area contributed by atoms with Crippen molar-refractivity contribution in [2.45, 2.75) is 80.0 Å². The fourth-order valence-electron chi connectivity index (χ4n) is 1.92. The SMILES string of the molecule is CCC(C)(F)C(=O)OCCC(F)(F)C(F)(F)C(F)(F)C(F)(F)C(F)(F)C(F)(F)C(F)(F)C(F)(F)F. The lowest BCUT2D eigenvalue weighted by Crippen LogP contribution is -2.74. The van der Waals surface area contributed by atoms with E-state index in [0.717, 1.165) is 6.92 Å². The summed E-state index contributed by atoms with van der Waals surface area (Å²) in [6, 6.07) is 0. The van der Waals surface area contributed by atoms with Crippen LogP contribution in [0.4, 0.5) is 79.0 Å². The van der Waals surface area contributed by atoms with Crippen molar-refractivity contribution in [1.82, 2.24) is 0 Å². The highest BCUT2D eigenvalue weighted by Gasteiger charge is 2.95. The molecule has 0 aromatic carbocycles. The Kier molecular flexibility index (Phi) is 8.49. The molecular formula is C15H12F18O2. The third kappa shape index (κ3) is 4.93. The van der Waals surface area contributed by atoms with Crippen molar-refractivity contribution in [1.29, 1.82) is 0 Å². The summed E-state index contributed by atoms with van der Waals surface area (Å²) in [4.78, 5) is 11.2. The lowest BCUT2D eigenvalue weighted by atomic mass is 9.88. The third-order valence-electron chi connectivity index (χ3n) is 4.53. The molecule has 0 saturated heterocycles. The van der Waals surface area contributed by atoms with Gasteiger partial charge in [-0.3, -0.25) is 0 Å². The van der Waals surface area contributed by atoms with Crippen LogP contribution in [-0.4, -0.2) is 65.9 Å². The van der Waals surface area contributed by atoms with E-state index in [0.29, 0.717) is 6.92 Å². The Hall–Kier alpha value is -1.79. The number of halogens is 18. The monoisotopic (exact) mass is 566 g/mol. The minimum atomic E-state index is -8.72. The van der Waals surface area contributed by atoms with Gasteiger partial charge in [0.05, 0.1) is 13.0 Å². The topological polar surface area (TPSA) is 26.3 Å². The summed E-state index contributed by atoms with van der Waals surface area (Å²) in [6.45, 7) is -0.762. The summed E-state index contributed by atoms with van der Waals surface area (Å²) in [6.07, 6.45) is -11.5. The summed E-state index contributed by atoms with van der Waals surface area (Å²) in [5.74, 6) is -59.3. The quantitative estimate of drug-likeness (QED) is 0.198. The molecular weight excluding hydrogens is 554 g/mol. The van der Waals surface area contributed by atoms with Crippen molar-refractivity contribution in [2.24, 2.45) is 0 Å². The maximum atomic E-state index is 13.6. The maximum absolute atomic E-state index is 13.6. The van der Waals surface area contributed by atoms with Gasteiger partial charge < -0.3 is 4.74 Å². The van der Waals surface area contributed by atoms with Gasteiger partial charge >= 0.3 is 53.6 Å². The van der Waals surface area contributed by atoms with E-state index in [2.05, 4.69) is 4.74 Å². The van der Waals surface area contributed by atoms with Gasteiger partial charge in [-0.2, -0.15) is 74.6 Å². The number of carbonyl (C=O) groups excluding carboxylic acids is 1. The van der Waals surface area contributed by atoms with E-state index in [4.69, 9.17) is 0 Å². The maximum Gasteiger partial charge on any atom is 0.460 e. The van der Waals surface area contributed by atoms with Crippen LogP contribution in [0.3, 0.4) is 0 Å². The second-order valence-corrected chi connectivity index (χ2v) is 7.09. The van der Waals surface area contributed by atoms with E-state index in [1.807, 2.05) is 0 Å². The fraction of sp³-hybridized carbons (Fsp3) is 0.933. The van der Waals surface area contributed by atoms with Crippen LogP contribution in [0.1, 0.15) is 26.7 Å². The first-order chi connectivity index (χ1) is 14.9. The first-order valence-corrected chi connectivity index (χ1v) is 8.51. The van der Waals surface area contributed by atoms with Gasteiger partial charge in [0.25, 0.3) is 0 Å². The highest BCUT2D eigenvalue weighted by Crippen LogP contribution is 2.64.